The van der Waals surface area contributed by atoms with Crippen molar-refractivity contribution in [3.05, 3.63) is 54.0 Å². The van der Waals surface area contributed by atoms with Gasteiger partial charge in [0.05, 0.1) is 25.0 Å². The number of nitrogens with two attached hydrogens (primary N) is 1. The monoisotopic (exact) mass is 398 g/mol. The van der Waals surface area contributed by atoms with E-state index >= 15 is 0 Å². The Kier molecular flexibility index (Phi) is 5.96. The van der Waals surface area contributed by atoms with E-state index in [-0.39, 0.29) is 30.5 Å². The van der Waals surface area contributed by atoms with Crippen LogP contribution in [0.5, 0.6) is 0 Å². The van der Waals surface area contributed by atoms with Crippen LogP contribution >= 0.6 is 0 Å². The molecule has 9 nitrogen and oxygen atoms in total. The SMILES string of the molecule is N=C(N)c1ccc(N2CC[C@@H](CC(=O)NC(CC(=O)O)c3ccoc3)C2=O)cc1. The van der Waals surface area contributed by atoms with Crippen LogP contribution in [0.15, 0.2) is 47.3 Å². The summed E-state index contributed by atoms with van der Waals surface area (Å²) < 4.78 is 4.97. The summed E-state index contributed by atoms with van der Waals surface area (Å²) in [6.07, 6.45) is 3.02. The number of carboxylic acids is 1. The average Bonchev–Trinajstić information content (AvgIpc) is 3.32. The molecule has 1 aromatic carbocycles. The first kappa shape index (κ1) is 20.1. The minimum Gasteiger partial charge on any atom is -0.481 e. The molecule has 2 atom stereocenters. The number of nitrogen functional groups attached to an aromatic ring is 1. The fourth-order valence-corrected chi connectivity index (χ4v) is 3.38. The number of rotatable bonds is 8. The average molecular weight is 398 g/mol. The van der Waals surface area contributed by atoms with E-state index in [4.69, 9.17) is 20.7 Å². The van der Waals surface area contributed by atoms with E-state index in [0.717, 1.165) is 0 Å². The summed E-state index contributed by atoms with van der Waals surface area (Å²) in [7, 11) is 0. The number of carbonyl (C=O) groups excluding carboxylic acids is 2. The molecule has 2 amide bonds. The molecule has 9 heteroatoms. The lowest BCUT2D eigenvalue weighted by molar-refractivity contribution is -0.138. The Morgan fingerprint density at radius 2 is 2.03 bits per heavy atom. The Labute approximate surface area is 167 Å². The first-order chi connectivity index (χ1) is 13.8. The number of hydrogen-bond acceptors (Lipinski definition) is 5. The van der Waals surface area contributed by atoms with Crippen molar-refractivity contribution in [3.63, 3.8) is 0 Å². The quantitative estimate of drug-likeness (QED) is 0.392. The van der Waals surface area contributed by atoms with Gasteiger partial charge in [0.25, 0.3) is 0 Å². The van der Waals surface area contributed by atoms with Gasteiger partial charge in [-0.25, -0.2) is 0 Å². The van der Waals surface area contributed by atoms with Crippen molar-refractivity contribution in [3.8, 4) is 0 Å². The lowest BCUT2D eigenvalue weighted by Gasteiger charge is -2.18. The lowest BCUT2D eigenvalue weighted by atomic mass is 10.0. The van der Waals surface area contributed by atoms with Crippen molar-refractivity contribution >= 4 is 29.3 Å². The van der Waals surface area contributed by atoms with Crippen LogP contribution in [0.4, 0.5) is 5.69 Å². The highest BCUT2D eigenvalue weighted by Crippen LogP contribution is 2.28. The standard InChI is InChI=1S/C20H22N4O5/c21-19(22)12-1-3-15(4-2-12)24-7-5-13(20(24)28)9-17(25)23-16(10-18(26)27)14-6-8-29-11-14/h1-4,6,8,11,13,16H,5,7,9-10H2,(H3,21,22)(H,23,25)(H,26,27)/t13-,16?/m0/s1. The van der Waals surface area contributed by atoms with Gasteiger partial charge in [-0.05, 0) is 36.8 Å². The van der Waals surface area contributed by atoms with Crippen LogP contribution in [-0.4, -0.2) is 35.3 Å². The highest BCUT2D eigenvalue weighted by molar-refractivity contribution is 6.00. The van der Waals surface area contributed by atoms with Gasteiger partial charge >= 0.3 is 5.97 Å². The van der Waals surface area contributed by atoms with Crippen LogP contribution in [0.25, 0.3) is 0 Å². The molecule has 1 aromatic heterocycles. The predicted octanol–water partition coefficient (Wildman–Crippen LogP) is 1.64. The van der Waals surface area contributed by atoms with Gasteiger partial charge in [-0.15, -0.1) is 0 Å². The van der Waals surface area contributed by atoms with Crippen LogP contribution in [0.1, 0.15) is 36.4 Å². The Balaban J connectivity index is 1.61. The highest BCUT2D eigenvalue weighted by Gasteiger charge is 2.34. The molecule has 3 rings (SSSR count). The van der Waals surface area contributed by atoms with Gasteiger partial charge < -0.3 is 25.5 Å². The van der Waals surface area contributed by atoms with Gasteiger partial charge in [0, 0.05) is 35.7 Å². The molecule has 0 aliphatic carbocycles. The van der Waals surface area contributed by atoms with Crippen molar-refractivity contribution in [1.29, 1.82) is 5.41 Å². The zero-order valence-corrected chi connectivity index (χ0v) is 15.6. The van der Waals surface area contributed by atoms with Crippen LogP contribution in [0.3, 0.4) is 0 Å². The molecular formula is C20H22N4O5. The highest BCUT2D eigenvalue weighted by atomic mass is 16.4. The zero-order chi connectivity index (χ0) is 21.0. The topological polar surface area (TPSA) is 150 Å². The summed E-state index contributed by atoms with van der Waals surface area (Å²) in [6.45, 7) is 0.483. The van der Waals surface area contributed by atoms with E-state index in [1.165, 1.54) is 12.5 Å². The number of nitrogens with zero attached hydrogens (tertiary/aromatic N) is 1. The second kappa shape index (κ2) is 8.59. The number of anilines is 1. The number of carboxylic acid groups (broad SMARTS) is 1. The number of hydrogen-bond donors (Lipinski definition) is 4. The van der Waals surface area contributed by atoms with E-state index in [2.05, 4.69) is 5.32 Å². The Bertz CT molecular complexity index is 907. The Morgan fingerprint density at radius 3 is 2.62 bits per heavy atom. The molecule has 0 bridgehead atoms. The van der Waals surface area contributed by atoms with Gasteiger partial charge in [0.15, 0.2) is 0 Å². The maximum Gasteiger partial charge on any atom is 0.305 e. The number of nitrogens with one attached hydrogen (secondary N) is 2. The predicted molar refractivity (Wildman–Crippen MR) is 104 cm³/mol. The summed E-state index contributed by atoms with van der Waals surface area (Å²) in [5.41, 5.74) is 7.26. The number of furan rings is 1. The second-order valence-electron chi connectivity index (χ2n) is 6.91. The van der Waals surface area contributed by atoms with E-state index in [1.807, 2.05) is 0 Å². The number of benzene rings is 1. The maximum atomic E-state index is 12.7. The largest absolute Gasteiger partial charge is 0.481 e. The number of carbonyl (C=O) groups is 3. The fraction of sp³-hybridized carbons (Fsp3) is 0.300. The van der Waals surface area contributed by atoms with Gasteiger partial charge in [-0.1, -0.05) is 0 Å². The number of amidine groups is 1. The van der Waals surface area contributed by atoms with E-state index in [0.29, 0.717) is 29.8 Å². The van der Waals surface area contributed by atoms with Gasteiger partial charge in [0.2, 0.25) is 11.8 Å². The van der Waals surface area contributed by atoms with Crippen LogP contribution in [-0.2, 0) is 14.4 Å². The van der Waals surface area contributed by atoms with E-state index in [9.17, 15) is 14.4 Å². The summed E-state index contributed by atoms with van der Waals surface area (Å²) in [4.78, 5) is 37.9. The molecule has 2 heterocycles. The normalized spacial score (nSPS) is 17.2. The second-order valence-corrected chi connectivity index (χ2v) is 6.91. The third kappa shape index (κ3) is 4.81. The van der Waals surface area contributed by atoms with Crippen LogP contribution < -0.4 is 16.0 Å². The third-order valence-electron chi connectivity index (χ3n) is 4.90. The summed E-state index contributed by atoms with van der Waals surface area (Å²) in [6, 6.07) is 7.67. The van der Waals surface area contributed by atoms with E-state index in [1.54, 1.807) is 35.2 Å². The van der Waals surface area contributed by atoms with Crippen molar-refractivity contribution in [2.45, 2.75) is 25.3 Å². The molecule has 1 aliphatic rings. The van der Waals surface area contributed by atoms with Gasteiger partial charge in [-0.2, -0.15) is 0 Å². The molecule has 1 unspecified atom stereocenters. The van der Waals surface area contributed by atoms with Crippen molar-refractivity contribution in [1.82, 2.24) is 5.32 Å². The smallest absolute Gasteiger partial charge is 0.305 e. The molecule has 1 saturated heterocycles. The van der Waals surface area contributed by atoms with Crippen LogP contribution in [0, 0.1) is 11.3 Å². The maximum absolute atomic E-state index is 12.7. The Hall–Kier alpha value is -3.62. The third-order valence-corrected chi connectivity index (χ3v) is 4.90. The summed E-state index contributed by atoms with van der Waals surface area (Å²) in [5.74, 6) is -2.11. The lowest BCUT2D eigenvalue weighted by Crippen LogP contribution is -2.33. The van der Waals surface area contributed by atoms with Crippen molar-refractivity contribution in [2.24, 2.45) is 11.7 Å². The molecule has 0 spiro atoms. The molecule has 1 fully saturated rings. The summed E-state index contributed by atoms with van der Waals surface area (Å²) >= 11 is 0. The first-order valence-corrected chi connectivity index (χ1v) is 9.14. The minimum absolute atomic E-state index is 0.0190. The van der Waals surface area contributed by atoms with Crippen LogP contribution in [0.2, 0.25) is 0 Å². The molecule has 152 valence electrons. The molecular weight excluding hydrogens is 376 g/mol. The van der Waals surface area contributed by atoms with Gasteiger partial charge in [0.1, 0.15) is 5.84 Å². The molecule has 5 N–H and O–H groups in total. The number of amides is 2. The Morgan fingerprint density at radius 1 is 1.31 bits per heavy atom. The van der Waals surface area contributed by atoms with Gasteiger partial charge in [-0.3, -0.25) is 19.8 Å². The van der Waals surface area contributed by atoms with E-state index < -0.39 is 17.9 Å². The zero-order valence-electron chi connectivity index (χ0n) is 15.6. The molecule has 0 radical (unpaired) electrons. The molecule has 29 heavy (non-hydrogen) atoms. The fourth-order valence-electron chi connectivity index (χ4n) is 3.38. The summed E-state index contributed by atoms with van der Waals surface area (Å²) in [5, 5.41) is 19.2. The number of aliphatic carboxylic acids is 1. The van der Waals surface area contributed by atoms with Crippen molar-refractivity contribution < 1.29 is 23.9 Å². The molecule has 0 saturated carbocycles. The molecule has 1 aliphatic heterocycles. The van der Waals surface area contributed by atoms with Crippen molar-refractivity contribution in [2.75, 3.05) is 11.4 Å². The molecule has 2 aromatic rings. The first-order valence-electron chi connectivity index (χ1n) is 9.14. The minimum atomic E-state index is -1.05.